The van der Waals surface area contributed by atoms with Crippen LogP contribution in [0.4, 0.5) is 4.39 Å². The molecule has 1 amide bonds. The summed E-state index contributed by atoms with van der Waals surface area (Å²) in [7, 11) is 4.73. The number of benzene rings is 3. The van der Waals surface area contributed by atoms with Gasteiger partial charge in [0.05, 0.1) is 32.3 Å². The van der Waals surface area contributed by atoms with Gasteiger partial charge in [-0.25, -0.2) is 4.39 Å². The molecule has 3 aromatic carbocycles. The zero-order chi connectivity index (χ0) is 26.0. The summed E-state index contributed by atoms with van der Waals surface area (Å²) in [6, 6.07) is 17.9. The molecule has 0 saturated heterocycles. The van der Waals surface area contributed by atoms with Crippen molar-refractivity contribution >= 4 is 23.1 Å². The quantitative estimate of drug-likeness (QED) is 0.429. The molecule has 0 aromatic heterocycles. The van der Waals surface area contributed by atoms with Crippen LogP contribution in [0.3, 0.4) is 0 Å². The highest BCUT2D eigenvalue weighted by Gasteiger charge is 2.42. The minimum Gasteiger partial charge on any atom is -0.496 e. The molecule has 1 aliphatic carbocycles. The molecule has 6 heteroatoms. The van der Waals surface area contributed by atoms with E-state index in [4.69, 9.17) is 19.9 Å². The van der Waals surface area contributed by atoms with E-state index in [1.54, 1.807) is 39.5 Å². The van der Waals surface area contributed by atoms with Crippen LogP contribution in [0.5, 0.6) is 17.2 Å². The lowest BCUT2D eigenvalue weighted by molar-refractivity contribution is -0.124. The van der Waals surface area contributed by atoms with Gasteiger partial charge >= 0.3 is 0 Å². The average molecular weight is 488 g/mol. The van der Waals surface area contributed by atoms with Crippen molar-refractivity contribution < 1.29 is 23.4 Å². The van der Waals surface area contributed by atoms with Crippen LogP contribution in [-0.4, -0.2) is 27.2 Å². The maximum absolute atomic E-state index is 14.5. The average Bonchev–Trinajstić information content (AvgIpc) is 3.14. The van der Waals surface area contributed by atoms with Crippen LogP contribution in [-0.2, 0) is 11.2 Å². The van der Waals surface area contributed by atoms with E-state index in [0.717, 1.165) is 22.3 Å². The Hall–Kier alpha value is -4.06. The van der Waals surface area contributed by atoms with Crippen LogP contribution < -0.4 is 19.9 Å². The van der Waals surface area contributed by atoms with Crippen molar-refractivity contribution in [3.63, 3.8) is 0 Å². The fourth-order valence-corrected chi connectivity index (χ4v) is 5.02. The molecule has 1 atom stereocenters. The number of primary amides is 1. The van der Waals surface area contributed by atoms with Gasteiger partial charge in [0.1, 0.15) is 23.1 Å². The standard InChI is InChI=1S/C30H30FNO4/c1-18-23(16-25-26(35-4)14-21(34-3)15-27(25)36-5)22-12-11-20(31)13-24(22)28(18)30(2,29(32)33)17-19-9-7-6-8-10-19/h6-16H,17H2,1-5H3,(H2,32,33). The van der Waals surface area contributed by atoms with Gasteiger partial charge in [-0.1, -0.05) is 36.4 Å². The smallest absolute Gasteiger partial charge is 0.228 e. The van der Waals surface area contributed by atoms with E-state index < -0.39 is 11.3 Å². The SMILES string of the molecule is COc1cc(OC)c(C=C2C(C)=C(C(C)(Cc3ccccc3)C(N)=O)c3cc(F)ccc32)c(OC)c1. The highest BCUT2D eigenvalue weighted by molar-refractivity contribution is 6.11. The molecule has 0 radical (unpaired) electrons. The molecule has 4 rings (SSSR count). The molecule has 5 nitrogen and oxygen atoms in total. The van der Waals surface area contributed by atoms with Crippen LogP contribution in [0.2, 0.25) is 0 Å². The number of nitrogens with two attached hydrogens (primary N) is 1. The number of carbonyl (C=O) groups excluding carboxylic acids is 1. The Bertz CT molecular complexity index is 1350. The van der Waals surface area contributed by atoms with Gasteiger partial charge in [-0.2, -0.15) is 0 Å². The second kappa shape index (κ2) is 9.90. The third-order valence-electron chi connectivity index (χ3n) is 6.86. The molecule has 0 aliphatic heterocycles. The predicted molar refractivity (Wildman–Crippen MR) is 140 cm³/mol. The summed E-state index contributed by atoms with van der Waals surface area (Å²) < 4.78 is 31.2. The number of halogens is 1. The molecule has 0 bridgehead atoms. The summed E-state index contributed by atoms with van der Waals surface area (Å²) in [4.78, 5) is 13.0. The van der Waals surface area contributed by atoms with Gasteiger partial charge in [-0.15, -0.1) is 0 Å². The minimum absolute atomic E-state index is 0.383. The van der Waals surface area contributed by atoms with Crippen molar-refractivity contribution in [2.24, 2.45) is 11.1 Å². The summed E-state index contributed by atoms with van der Waals surface area (Å²) in [5.41, 5.74) is 10.5. The molecule has 0 saturated carbocycles. The minimum atomic E-state index is -1.07. The number of allylic oxidation sites excluding steroid dienone is 2. The van der Waals surface area contributed by atoms with Crippen LogP contribution >= 0.6 is 0 Å². The van der Waals surface area contributed by atoms with Crippen molar-refractivity contribution in [2.75, 3.05) is 21.3 Å². The topological polar surface area (TPSA) is 70.8 Å². The molecule has 0 heterocycles. The highest BCUT2D eigenvalue weighted by atomic mass is 19.1. The molecule has 2 N–H and O–H groups in total. The van der Waals surface area contributed by atoms with Crippen molar-refractivity contribution in [1.29, 1.82) is 0 Å². The fraction of sp³-hybridized carbons (Fsp3) is 0.233. The lowest BCUT2D eigenvalue weighted by Crippen LogP contribution is -2.37. The molecular formula is C30H30FNO4. The second-order valence-corrected chi connectivity index (χ2v) is 9.05. The van der Waals surface area contributed by atoms with Gasteiger partial charge in [0, 0.05) is 12.1 Å². The first-order valence-corrected chi connectivity index (χ1v) is 11.6. The van der Waals surface area contributed by atoms with Crippen molar-refractivity contribution in [2.45, 2.75) is 20.3 Å². The van der Waals surface area contributed by atoms with Crippen LogP contribution in [0, 0.1) is 11.2 Å². The number of ether oxygens (including phenoxy) is 3. The van der Waals surface area contributed by atoms with Crippen molar-refractivity contribution in [3.8, 4) is 17.2 Å². The summed E-state index contributed by atoms with van der Waals surface area (Å²) in [6.45, 7) is 3.76. The van der Waals surface area contributed by atoms with Crippen molar-refractivity contribution in [3.05, 3.63) is 94.3 Å². The maximum Gasteiger partial charge on any atom is 0.228 e. The van der Waals surface area contributed by atoms with E-state index in [0.29, 0.717) is 40.4 Å². The lowest BCUT2D eigenvalue weighted by Gasteiger charge is -2.29. The third kappa shape index (κ3) is 4.35. The van der Waals surface area contributed by atoms with E-state index in [2.05, 4.69) is 0 Å². The zero-order valence-electron chi connectivity index (χ0n) is 21.1. The number of hydrogen-bond donors (Lipinski definition) is 1. The number of carbonyl (C=O) groups is 1. The number of hydrogen-bond acceptors (Lipinski definition) is 4. The monoisotopic (exact) mass is 487 g/mol. The Morgan fingerprint density at radius 2 is 1.58 bits per heavy atom. The maximum atomic E-state index is 14.5. The molecule has 0 fully saturated rings. The molecule has 1 aliphatic rings. The Balaban J connectivity index is 1.98. The summed E-state index contributed by atoms with van der Waals surface area (Å²) in [5.74, 6) is 0.858. The number of fused-ring (bicyclic) bond motifs is 1. The van der Waals surface area contributed by atoms with Crippen LogP contribution in [0.15, 0.2) is 66.2 Å². The lowest BCUT2D eigenvalue weighted by atomic mass is 9.73. The molecule has 36 heavy (non-hydrogen) atoms. The van der Waals surface area contributed by atoms with E-state index >= 15 is 0 Å². The second-order valence-electron chi connectivity index (χ2n) is 9.05. The van der Waals surface area contributed by atoms with E-state index in [-0.39, 0.29) is 5.82 Å². The van der Waals surface area contributed by atoms with E-state index in [9.17, 15) is 9.18 Å². The van der Waals surface area contributed by atoms with Gasteiger partial charge in [-0.3, -0.25) is 4.79 Å². The largest absolute Gasteiger partial charge is 0.496 e. The fourth-order valence-electron chi connectivity index (χ4n) is 5.02. The normalized spacial score (nSPS) is 15.4. The van der Waals surface area contributed by atoms with Crippen molar-refractivity contribution in [1.82, 2.24) is 0 Å². The first-order valence-electron chi connectivity index (χ1n) is 11.6. The summed E-state index contributed by atoms with van der Waals surface area (Å²) in [5, 5.41) is 0. The number of amides is 1. The van der Waals surface area contributed by atoms with Gasteiger partial charge < -0.3 is 19.9 Å². The first kappa shape index (κ1) is 25.0. The summed E-state index contributed by atoms with van der Waals surface area (Å²) in [6.07, 6.45) is 2.33. The number of methoxy groups -OCH3 is 3. The molecule has 186 valence electrons. The molecule has 1 unspecified atom stereocenters. The molecular weight excluding hydrogens is 457 g/mol. The van der Waals surface area contributed by atoms with Crippen LogP contribution in [0.1, 0.15) is 36.1 Å². The first-order chi connectivity index (χ1) is 17.2. The zero-order valence-corrected chi connectivity index (χ0v) is 21.1. The van der Waals surface area contributed by atoms with E-state index in [1.807, 2.05) is 50.3 Å². The molecule has 0 spiro atoms. The Labute approximate surface area is 211 Å². The van der Waals surface area contributed by atoms with E-state index in [1.165, 1.54) is 12.1 Å². The van der Waals surface area contributed by atoms with Gasteiger partial charge in [0.2, 0.25) is 5.91 Å². The van der Waals surface area contributed by atoms with Gasteiger partial charge in [0.25, 0.3) is 0 Å². The Morgan fingerprint density at radius 3 is 2.14 bits per heavy atom. The summed E-state index contributed by atoms with van der Waals surface area (Å²) >= 11 is 0. The Kier molecular flexibility index (Phi) is 6.88. The number of rotatable bonds is 8. The van der Waals surface area contributed by atoms with Gasteiger partial charge in [-0.05, 0) is 71.9 Å². The highest BCUT2D eigenvalue weighted by Crippen LogP contribution is 2.52. The third-order valence-corrected chi connectivity index (χ3v) is 6.86. The van der Waals surface area contributed by atoms with Crippen LogP contribution in [0.25, 0.3) is 17.2 Å². The van der Waals surface area contributed by atoms with Gasteiger partial charge in [0.15, 0.2) is 0 Å². The molecule has 3 aromatic rings. The predicted octanol–water partition coefficient (Wildman–Crippen LogP) is 5.91. The Morgan fingerprint density at radius 1 is 0.944 bits per heavy atom.